The molecular formula is C36H34F3N3O8. The molecular weight excluding hydrogens is 659 g/mol. The van der Waals surface area contributed by atoms with Crippen molar-refractivity contribution in [3.05, 3.63) is 95.1 Å². The highest BCUT2D eigenvalue weighted by molar-refractivity contribution is 6.24. The van der Waals surface area contributed by atoms with Crippen LogP contribution in [0, 0.1) is 5.92 Å². The van der Waals surface area contributed by atoms with Crippen molar-refractivity contribution in [1.82, 2.24) is 4.90 Å². The number of nitrogens with one attached hydrogen (secondary N) is 1. The van der Waals surface area contributed by atoms with E-state index in [-0.39, 0.29) is 36.6 Å². The van der Waals surface area contributed by atoms with Gasteiger partial charge in [0.2, 0.25) is 11.4 Å². The van der Waals surface area contributed by atoms with E-state index in [1.807, 2.05) is 0 Å². The van der Waals surface area contributed by atoms with E-state index in [4.69, 9.17) is 14.2 Å². The number of hydrogen-bond acceptors (Lipinski definition) is 9. The Morgan fingerprint density at radius 2 is 1.38 bits per heavy atom. The lowest BCUT2D eigenvalue weighted by atomic mass is 9.57. The fourth-order valence-electron chi connectivity index (χ4n) is 8.21. The molecule has 3 atom stereocenters. The van der Waals surface area contributed by atoms with Crippen LogP contribution in [0.3, 0.4) is 0 Å². The summed E-state index contributed by atoms with van der Waals surface area (Å²) >= 11 is 0. The summed E-state index contributed by atoms with van der Waals surface area (Å²) in [6, 6.07) is 17.4. The zero-order valence-electron chi connectivity index (χ0n) is 27.6. The lowest BCUT2D eigenvalue weighted by Gasteiger charge is -2.43. The van der Waals surface area contributed by atoms with Gasteiger partial charge < -0.3 is 24.4 Å². The Balaban J connectivity index is 1.85. The summed E-state index contributed by atoms with van der Waals surface area (Å²) in [7, 11) is 1.15. The van der Waals surface area contributed by atoms with Crippen molar-refractivity contribution in [2.45, 2.75) is 50.0 Å². The minimum absolute atomic E-state index is 0.0105. The quantitative estimate of drug-likeness (QED) is 0.208. The van der Waals surface area contributed by atoms with Crippen LogP contribution in [0.15, 0.2) is 72.8 Å². The van der Waals surface area contributed by atoms with Crippen molar-refractivity contribution in [2.75, 3.05) is 37.1 Å². The first-order valence-corrected chi connectivity index (χ1v) is 16.0. The van der Waals surface area contributed by atoms with E-state index in [2.05, 4.69) is 5.32 Å². The Kier molecular flexibility index (Phi) is 8.49. The molecule has 3 aliphatic rings. The first-order valence-electron chi connectivity index (χ1n) is 16.0. The predicted octanol–water partition coefficient (Wildman–Crippen LogP) is 4.33. The van der Waals surface area contributed by atoms with E-state index in [9.17, 15) is 19.2 Å². The topological polar surface area (TPSA) is 132 Å². The minimum Gasteiger partial charge on any atom is -0.466 e. The fraction of sp³-hybridized carbons (Fsp3) is 0.361. The largest absolute Gasteiger partial charge is 0.466 e. The van der Waals surface area contributed by atoms with Gasteiger partial charge in [0.05, 0.1) is 37.6 Å². The number of likely N-dealkylation sites (tertiary alicyclic amines) is 1. The monoisotopic (exact) mass is 693 g/mol. The molecule has 0 bridgehead atoms. The van der Waals surface area contributed by atoms with Crippen LogP contribution in [0.5, 0.6) is 0 Å². The van der Waals surface area contributed by atoms with Gasteiger partial charge in [-0.2, -0.15) is 13.2 Å². The van der Waals surface area contributed by atoms with Gasteiger partial charge in [0.1, 0.15) is 16.9 Å². The summed E-state index contributed by atoms with van der Waals surface area (Å²) in [5.41, 5.74) is -9.78. The Morgan fingerprint density at radius 3 is 1.98 bits per heavy atom. The van der Waals surface area contributed by atoms with Crippen LogP contribution in [0.1, 0.15) is 43.0 Å². The molecule has 1 saturated heterocycles. The van der Waals surface area contributed by atoms with Crippen LogP contribution in [0.2, 0.25) is 0 Å². The summed E-state index contributed by atoms with van der Waals surface area (Å²) < 4.78 is 61.4. The number of carbonyl (C=O) groups excluding carboxylic acids is 5. The van der Waals surface area contributed by atoms with Crippen LogP contribution in [0.25, 0.3) is 0 Å². The molecule has 2 spiro atoms. The summed E-state index contributed by atoms with van der Waals surface area (Å²) in [6.07, 6.45) is -5.01. The van der Waals surface area contributed by atoms with E-state index < -0.39 is 76.1 Å². The predicted molar refractivity (Wildman–Crippen MR) is 171 cm³/mol. The van der Waals surface area contributed by atoms with Gasteiger partial charge in [-0.1, -0.05) is 60.7 Å². The van der Waals surface area contributed by atoms with Crippen molar-refractivity contribution in [3.63, 3.8) is 0 Å². The van der Waals surface area contributed by atoms with Gasteiger partial charge in [0.25, 0.3) is 5.91 Å². The number of esters is 3. The molecule has 3 aromatic carbocycles. The van der Waals surface area contributed by atoms with Crippen molar-refractivity contribution >= 4 is 41.1 Å². The lowest BCUT2D eigenvalue weighted by molar-refractivity contribution is -0.183. The molecule has 1 N–H and O–H groups in total. The van der Waals surface area contributed by atoms with Crippen LogP contribution in [-0.2, 0) is 61.9 Å². The molecule has 1 fully saturated rings. The zero-order valence-corrected chi connectivity index (χ0v) is 27.6. The number of para-hydroxylation sites is 2. The summed E-state index contributed by atoms with van der Waals surface area (Å²) in [6.45, 7) is 3.05. The summed E-state index contributed by atoms with van der Waals surface area (Å²) in [4.78, 5) is 76.0. The van der Waals surface area contributed by atoms with E-state index in [1.54, 1.807) is 36.4 Å². The van der Waals surface area contributed by atoms with Crippen molar-refractivity contribution < 1.29 is 51.4 Å². The van der Waals surface area contributed by atoms with Crippen LogP contribution in [-0.4, -0.2) is 67.0 Å². The number of benzene rings is 3. The SMILES string of the molecule is CCOC(=O)C1C(C(=O)OCC)(C(=O)OCC)N(C)C2(C(=O)N(Cc3ccccc3)c3c(C(F)(F)F)cccc32)C12C(=O)Nc1ccccc12. The fourth-order valence-corrected chi connectivity index (χ4v) is 8.21. The van der Waals surface area contributed by atoms with Crippen LogP contribution in [0.4, 0.5) is 24.5 Å². The molecule has 14 heteroatoms. The molecule has 3 aliphatic heterocycles. The van der Waals surface area contributed by atoms with E-state index in [1.165, 1.54) is 45.0 Å². The van der Waals surface area contributed by atoms with Crippen molar-refractivity contribution in [3.8, 4) is 0 Å². The van der Waals surface area contributed by atoms with Gasteiger partial charge in [0.15, 0.2) is 0 Å². The van der Waals surface area contributed by atoms with Crippen molar-refractivity contribution in [1.29, 1.82) is 0 Å². The second-order valence-corrected chi connectivity index (χ2v) is 12.0. The molecule has 3 heterocycles. The molecule has 0 aliphatic carbocycles. The number of hydrogen-bond donors (Lipinski definition) is 1. The highest BCUT2D eigenvalue weighted by atomic mass is 19.4. The van der Waals surface area contributed by atoms with E-state index >= 15 is 18.0 Å². The minimum atomic E-state index is -5.01. The number of likely N-dealkylation sites (N-methyl/N-ethyl adjacent to an activating group) is 1. The molecule has 0 radical (unpaired) electrons. The standard InChI is InChI=1S/C36H34F3N3O8/c1-5-48-28(43)27-33(22-16-11-12-19-25(22)40-29(33)44)35(41(4)34(27,31(46)49-6-2)32(47)50-7-3)23-17-13-18-24(36(37,38)39)26(23)42(30(35)45)20-21-14-9-8-10-15-21/h8-19,27H,5-7,20H2,1-4H3,(H,40,44). The molecule has 3 unspecified atom stereocenters. The van der Waals surface area contributed by atoms with Gasteiger partial charge in [-0.15, -0.1) is 0 Å². The third-order valence-electron chi connectivity index (χ3n) is 9.85. The normalized spacial score (nSPS) is 23.5. The average Bonchev–Trinajstić information content (AvgIpc) is 3.60. The third-order valence-corrected chi connectivity index (χ3v) is 9.85. The maximum Gasteiger partial charge on any atom is 0.418 e. The number of rotatable bonds is 8. The average molecular weight is 694 g/mol. The Bertz CT molecular complexity index is 1880. The highest BCUT2D eigenvalue weighted by Gasteiger charge is 2.89. The Labute approximate surface area is 285 Å². The van der Waals surface area contributed by atoms with Gasteiger partial charge in [-0.25, -0.2) is 9.59 Å². The van der Waals surface area contributed by atoms with Gasteiger partial charge >= 0.3 is 24.1 Å². The van der Waals surface area contributed by atoms with E-state index in [0.29, 0.717) is 5.56 Å². The van der Waals surface area contributed by atoms with Crippen molar-refractivity contribution in [2.24, 2.45) is 5.92 Å². The number of carbonyl (C=O) groups is 5. The number of nitrogens with zero attached hydrogens (tertiary/aromatic N) is 2. The molecule has 3 aromatic rings. The Hall–Kier alpha value is -5.24. The second kappa shape index (κ2) is 12.3. The summed E-state index contributed by atoms with van der Waals surface area (Å²) in [5, 5.41) is 2.70. The molecule has 0 aromatic heterocycles. The molecule has 6 rings (SSSR count). The molecule has 0 saturated carbocycles. The molecule has 2 amide bonds. The first kappa shape index (κ1) is 34.6. The maximum atomic E-state index is 15.7. The maximum absolute atomic E-state index is 15.7. The third kappa shape index (κ3) is 4.30. The number of fused-ring (bicyclic) bond motifs is 5. The number of alkyl halides is 3. The molecule has 262 valence electrons. The number of amides is 2. The first-order chi connectivity index (χ1) is 23.8. The number of halogens is 3. The molecule has 50 heavy (non-hydrogen) atoms. The lowest BCUT2D eigenvalue weighted by Crippen LogP contribution is -2.65. The van der Waals surface area contributed by atoms with E-state index in [0.717, 1.165) is 29.0 Å². The number of ether oxygens (including phenoxy) is 3. The van der Waals surface area contributed by atoms with Gasteiger partial charge in [-0.05, 0) is 51.1 Å². The van der Waals surface area contributed by atoms with Gasteiger partial charge in [0, 0.05) is 11.3 Å². The van der Waals surface area contributed by atoms with Crippen LogP contribution < -0.4 is 10.2 Å². The Morgan fingerprint density at radius 1 is 0.800 bits per heavy atom. The second-order valence-electron chi connectivity index (χ2n) is 12.0. The highest BCUT2D eigenvalue weighted by Crippen LogP contribution is 2.70. The smallest absolute Gasteiger partial charge is 0.418 e. The van der Waals surface area contributed by atoms with Gasteiger partial charge in [-0.3, -0.25) is 19.3 Å². The zero-order chi connectivity index (χ0) is 36.2. The summed E-state index contributed by atoms with van der Waals surface area (Å²) in [5.74, 6) is -8.26. The van der Waals surface area contributed by atoms with Crippen LogP contribution >= 0.6 is 0 Å². The number of anilines is 2. The molecule has 11 nitrogen and oxygen atoms in total.